The predicted octanol–water partition coefficient (Wildman–Crippen LogP) is 3.22. The van der Waals surface area contributed by atoms with Gasteiger partial charge in [-0.1, -0.05) is 6.07 Å². The van der Waals surface area contributed by atoms with Crippen molar-refractivity contribution in [1.82, 2.24) is 14.6 Å². The quantitative estimate of drug-likeness (QED) is 0.636. The van der Waals surface area contributed by atoms with Crippen molar-refractivity contribution in [2.45, 2.75) is 58.2 Å². The van der Waals surface area contributed by atoms with Crippen molar-refractivity contribution in [1.29, 1.82) is 0 Å². The number of hydrogen-bond acceptors (Lipinski definition) is 5. The standard InChI is InChI=1S/C23H26BFN4O3/c1-13-6-7-19(26-11-13)15-10-16(15)21(30)27-20-9-14-8-17(18(25)12-29(14)28-20)24-31-22(2,3)23(4,5)32-24/h6-9,11-12,15-16H,10H2,1-5H3,(H,27,28,30)/t15-,16+/m1/s1. The van der Waals surface area contributed by atoms with Crippen molar-refractivity contribution in [3.8, 4) is 0 Å². The molecule has 5 rings (SSSR count). The molecule has 2 aliphatic rings. The first kappa shape index (κ1) is 21.1. The van der Waals surface area contributed by atoms with E-state index >= 15 is 0 Å². The smallest absolute Gasteiger partial charge is 0.399 e. The minimum atomic E-state index is -0.813. The molecule has 1 amide bonds. The summed E-state index contributed by atoms with van der Waals surface area (Å²) in [4.78, 5) is 17.1. The highest BCUT2D eigenvalue weighted by Gasteiger charge is 2.52. The lowest BCUT2D eigenvalue weighted by atomic mass is 9.79. The summed E-state index contributed by atoms with van der Waals surface area (Å²) in [5.74, 6) is -0.216. The zero-order chi connectivity index (χ0) is 22.8. The molecule has 0 bridgehead atoms. The molecule has 0 spiro atoms. The van der Waals surface area contributed by atoms with E-state index < -0.39 is 24.1 Å². The van der Waals surface area contributed by atoms with Gasteiger partial charge in [0.2, 0.25) is 5.91 Å². The highest BCUT2D eigenvalue weighted by atomic mass is 19.1. The average Bonchev–Trinajstić information content (AvgIpc) is 3.36. The van der Waals surface area contributed by atoms with Crippen LogP contribution in [-0.4, -0.2) is 38.8 Å². The zero-order valence-electron chi connectivity index (χ0n) is 18.8. The Balaban J connectivity index is 1.32. The number of anilines is 1. The summed E-state index contributed by atoms with van der Waals surface area (Å²) in [5, 5.41) is 7.16. The first-order valence-corrected chi connectivity index (χ1v) is 10.8. The van der Waals surface area contributed by atoms with Gasteiger partial charge in [0.25, 0.3) is 0 Å². The van der Waals surface area contributed by atoms with Crippen molar-refractivity contribution >= 4 is 29.8 Å². The Morgan fingerprint density at radius 1 is 1.22 bits per heavy atom. The van der Waals surface area contributed by atoms with E-state index in [1.807, 2.05) is 52.9 Å². The Kier molecular flexibility index (Phi) is 4.69. The predicted molar refractivity (Wildman–Crippen MR) is 119 cm³/mol. The fourth-order valence-electron chi connectivity index (χ4n) is 3.97. The van der Waals surface area contributed by atoms with Crippen LogP contribution in [0.25, 0.3) is 5.52 Å². The molecule has 1 aliphatic carbocycles. The fraction of sp³-hybridized carbons (Fsp3) is 0.435. The van der Waals surface area contributed by atoms with Gasteiger partial charge in [0, 0.05) is 35.3 Å². The Labute approximate surface area is 186 Å². The molecule has 1 aliphatic heterocycles. The van der Waals surface area contributed by atoms with E-state index in [-0.39, 0.29) is 17.7 Å². The lowest BCUT2D eigenvalue weighted by Crippen LogP contribution is -2.41. The van der Waals surface area contributed by atoms with Gasteiger partial charge in [-0.2, -0.15) is 0 Å². The van der Waals surface area contributed by atoms with Crippen LogP contribution in [0, 0.1) is 18.7 Å². The van der Waals surface area contributed by atoms with E-state index in [1.54, 1.807) is 12.1 Å². The number of fused-ring (bicyclic) bond motifs is 1. The summed E-state index contributed by atoms with van der Waals surface area (Å²) in [7, 11) is -0.813. The third-order valence-corrected chi connectivity index (χ3v) is 6.78. The largest absolute Gasteiger partial charge is 0.497 e. The summed E-state index contributed by atoms with van der Waals surface area (Å²) < 4.78 is 28.2. The molecule has 1 saturated heterocycles. The van der Waals surface area contributed by atoms with Crippen LogP contribution in [-0.2, 0) is 14.1 Å². The van der Waals surface area contributed by atoms with Crippen molar-refractivity contribution in [3.05, 3.63) is 53.7 Å². The van der Waals surface area contributed by atoms with Gasteiger partial charge < -0.3 is 14.6 Å². The highest BCUT2D eigenvalue weighted by Crippen LogP contribution is 2.47. The third-order valence-electron chi connectivity index (χ3n) is 6.78. The van der Waals surface area contributed by atoms with Crippen LogP contribution in [0.4, 0.5) is 10.2 Å². The van der Waals surface area contributed by atoms with Gasteiger partial charge in [-0.05, 0) is 58.7 Å². The maximum atomic E-state index is 14.8. The number of carbonyl (C=O) groups excluding carboxylic acids is 1. The molecule has 7 nitrogen and oxygen atoms in total. The Morgan fingerprint density at radius 3 is 2.59 bits per heavy atom. The molecule has 3 aromatic rings. The Bertz CT molecular complexity index is 1190. The number of carbonyl (C=O) groups is 1. The number of rotatable bonds is 4. The van der Waals surface area contributed by atoms with Crippen LogP contribution in [0.3, 0.4) is 0 Å². The number of amides is 1. The van der Waals surface area contributed by atoms with Gasteiger partial charge in [-0.3, -0.25) is 9.78 Å². The molecule has 0 aromatic carbocycles. The van der Waals surface area contributed by atoms with Crippen molar-refractivity contribution in [2.24, 2.45) is 5.92 Å². The lowest BCUT2D eigenvalue weighted by molar-refractivity contribution is -0.117. The summed E-state index contributed by atoms with van der Waals surface area (Å²) in [6.45, 7) is 9.68. The van der Waals surface area contributed by atoms with Crippen LogP contribution in [0.1, 0.15) is 51.3 Å². The van der Waals surface area contributed by atoms with Crippen LogP contribution < -0.4 is 10.8 Å². The third kappa shape index (κ3) is 3.59. The SMILES string of the molecule is Cc1ccc([C@@H]2C[C@@H]2C(=O)Nc2cc3cc(B4OC(C)(C)C(C)(C)O4)c(F)cn3n2)nc1. The monoisotopic (exact) mass is 436 g/mol. The topological polar surface area (TPSA) is 77.8 Å². The summed E-state index contributed by atoms with van der Waals surface area (Å²) >= 11 is 0. The van der Waals surface area contributed by atoms with Crippen molar-refractivity contribution in [2.75, 3.05) is 5.32 Å². The van der Waals surface area contributed by atoms with Gasteiger partial charge in [0.05, 0.1) is 22.9 Å². The number of halogens is 1. The molecule has 0 unspecified atom stereocenters. The van der Waals surface area contributed by atoms with Crippen LogP contribution in [0.5, 0.6) is 0 Å². The fourth-order valence-corrected chi connectivity index (χ4v) is 3.97. The van der Waals surface area contributed by atoms with E-state index in [4.69, 9.17) is 9.31 Å². The Hall–Kier alpha value is -2.78. The minimum absolute atomic E-state index is 0.104. The van der Waals surface area contributed by atoms with Gasteiger partial charge >= 0.3 is 7.12 Å². The molecule has 0 radical (unpaired) electrons. The van der Waals surface area contributed by atoms with Crippen molar-refractivity contribution in [3.63, 3.8) is 0 Å². The number of aromatic nitrogens is 3. The molecule has 9 heteroatoms. The second kappa shape index (κ2) is 7.11. The Morgan fingerprint density at radius 2 is 1.94 bits per heavy atom. The van der Waals surface area contributed by atoms with E-state index in [9.17, 15) is 9.18 Å². The number of nitrogens with zero attached hydrogens (tertiary/aromatic N) is 3. The second-order valence-electron chi connectivity index (χ2n) is 9.76. The molecular formula is C23H26BFN4O3. The summed E-state index contributed by atoms with van der Waals surface area (Å²) in [6.07, 6.45) is 3.86. The van der Waals surface area contributed by atoms with Crippen LogP contribution >= 0.6 is 0 Å². The molecule has 2 fully saturated rings. The van der Waals surface area contributed by atoms with Gasteiger partial charge in [0.1, 0.15) is 5.82 Å². The number of hydrogen-bond donors (Lipinski definition) is 1. The molecular weight excluding hydrogens is 410 g/mol. The number of pyridine rings is 2. The number of nitrogens with one attached hydrogen (secondary N) is 1. The summed E-state index contributed by atoms with van der Waals surface area (Å²) in [6, 6.07) is 7.34. The second-order valence-corrected chi connectivity index (χ2v) is 9.76. The first-order chi connectivity index (χ1) is 15.0. The summed E-state index contributed by atoms with van der Waals surface area (Å²) in [5.41, 5.74) is 1.83. The number of aryl methyl sites for hydroxylation is 1. The first-order valence-electron chi connectivity index (χ1n) is 10.8. The molecule has 166 valence electrons. The van der Waals surface area contributed by atoms with Crippen LogP contribution in [0.2, 0.25) is 0 Å². The molecule has 2 atom stereocenters. The zero-order valence-corrected chi connectivity index (χ0v) is 18.8. The highest BCUT2D eigenvalue weighted by molar-refractivity contribution is 6.62. The van der Waals surface area contributed by atoms with Crippen LogP contribution in [0.15, 0.2) is 36.7 Å². The molecule has 3 aromatic heterocycles. The van der Waals surface area contributed by atoms with E-state index in [0.29, 0.717) is 16.8 Å². The lowest BCUT2D eigenvalue weighted by Gasteiger charge is -2.32. The average molecular weight is 436 g/mol. The van der Waals surface area contributed by atoms with Gasteiger partial charge in [0.15, 0.2) is 5.82 Å². The minimum Gasteiger partial charge on any atom is -0.399 e. The normalized spacial score (nSPS) is 23.5. The molecule has 1 saturated carbocycles. The van der Waals surface area contributed by atoms with E-state index in [0.717, 1.165) is 17.7 Å². The maximum absolute atomic E-state index is 14.8. The molecule has 1 N–H and O–H groups in total. The van der Waals surface area contributed by atoms with Crippen molar-refractivity contribution < 1.29 is 18.5 Å². The molecule has 4 heterocycles. The van der Waals surface area contributed by atoms with E-state index in [2.05, 4.69) is 15.4 Å². The molecule has 32 heavy (non-hydrogen) atoms. The van der Waals surface area contributed by atoms with Gasteiger partial charge in [-0.25, -0.2) is 8.91 Å². The maximum Gasteiger partial charge on any atom is 0.497 e. The van der Waals surface area contributed by atoms with Gasteiger partial charge in [-0.15, -0.1) is 5.10 Å². The van der Waals surface area contributed by atoms with E-state index in [1.165, 1.54) is 10.7 Å².